The van der Waals surface area contributed by atoms with Crippen LogP contribution in [0.25, 0.3) is 0 Å². The van der Waals surface area contributed by atoms with Crippen molar-refractivity contribution in [3.8, 4) is 0 Å². The SMILES string of the molecule is CC(C)=C1[C@H]2C=C[C@H]1[C@H]1C(=O)N(c3cc([N+](=O)[O-])ccc3C)C(=O)[C@@H]12. The molecular formula is C19H18N2O4. The summed E-state index contributed by atoms with van der Waals surface area (Å²) in [5.41, 5.74) is 3.23. The Bertz CT molecular complexity index is 861. The zero-order chi connectivity index (χ0) is 18.0. The van der Waals surface area contributed by atoms with E-state index in [2.05, 4.69) is 0 Å². The zero-order valence-electron chi connectivity index (χ0n) is 14.2. The molecule has 1 aromatic carbocycles. The number of allylic oxidation sites excluding steroid dienone is 4. The quantitative estimate of drug-likeness (QED) is 0.359. The number of amides is 2. The number of aryl methyl sites for hydroxylation is 1. The van der Waals surface area contributed by atoms with E-state index in [1.165, 1.54) is 22.6 Å². The normalized spacial score (nSPS) is 29.6. The highest BCUT2D eigenvalue weighted by Crippen LogP contribution is 2.57. The van der Waals surface area contributed by atoms with Gasteiger partial charge in [0.2, 0.25) is 11.8 Å². The monoisotopic (exact) mass is 338 g/mol. The fourth-order valence-electron chi connectivity index (χ4n) is 4.62. The summed E-state index contributed by atoms with van der Waals surface area (Å²) in [4.78, 5) is 37.9. The molecule has 0 unspecified atom stereocenters. The lowest BCUT2D eigenvalue weighted by atomic mass is 9.85. The first-order valence-corrected chi connectivity index (χ1v) is 8.31. The highest BCUT2D eigenvalue weighted by atomic mass is 16.6. The number of hydrogen-bond acceptors (Lipinski definition) is 4. The second kappa shape index (κ2) is 5.12. The second-order valence-corrected chi connectivity index (χ2v) is 7.18. The lowest BCUT2D eigenvalue weighted by Gasteiger charge is -2.20. The van der Waals surface area contributed by atoms with Gasteiger partial charge in [-0.2, -0.15) is 0 Å². The van der Waals surface area contributed by atoms with Crippen molar-refractivity contribution in [1.29, 1.82) is 0 Å². The molecule has 2 amide bonds. The van der Waals surface area contributed by atoms with Gasteiger partial charge < -0.3 is 0 Å². The largest absolute Gasteiger partial charge is 0.274 e. The Labute approximate surface area is 145 Å². The van der Waals surface area contributed by atoms with Crippen LogP contribution in [0.15, 0.2) is 41.5 Å². The Hall–Kier alpha value is -2.76. The Morgan fingerprint density at radius 1 is 1.08 bits per heavy atom. The number of anilines is 1. The van der Waals surface area contributed by atoms with E-state index in [0.29, 0.717) is 11.3 Å². The number of hydrogen-bond donors (Lipinski definition) is 0. The molecule has 1 heterocycles. The van der Waals surface area contributed by atoms with E-state index in [1.54, 1.807) is 13.0 Å². The maximum Gasteiger partial charge on any atom is 0.271 e. The number of imide groups is 1. The number of nitro groups is 1. The van der Waals surface area contributed by atoms with E-state index in [1.807, 2.05) is 26.0 Å². The maximum atomic E-state index is 13.1. The zero-order valence-corrected chi connectivity index (χ0v) is 14.2. The van der Waals surface area contributed by atoms with Crippen LogP contribution in [0.2, 0.25) is 0 Å². The van der Waals surface area contributed by atoms with E-state index in [0.717, 1.165) is 5.57 Å². The van der Waals surface area contributed by atoms with Crippen LogP contribution in [0.1, 0.15) is 19.4 Å². The Kier molecular flexibility index (Phi) is 3.22. The van der Waals surface area contributed by atoms with E-state index >= 15 is 0 Å². The minimum atomic E-state index is -0.513. The van der Waals surface area contributed by atoms with E-state index in [9.17, 15) is 19.7 Å². The van der Waals surface area contributed by atoms with Crippen LogP contribution < -0.4 is 4.90 Å². The molecule has 2 fully saturated rings. The fourth-order valence-corrected chi connectivity index (χ4v) is 4.62. The summed E-state index contributed by atoms with van der Waals surface area (Å²) in [6.07, 6.45) is 4.06. The van der Waals surface area contributed by atoms with Crippen molar-refractivity contribution < 1.29 is 14.5 Å². The maximum absolute atomic E-state index is 13.1. The van der Waals surface area contributed by atoms with Crippen molar-refractivity contribution in [3.05, 3.63) is 57.2 Å². The van der Waals surface area contributed by atoms with Crippen LogP contribution in [0.3, 0.4) is 0 Å². The summed E-state index contributed by atoms with van der Waals surface area (Å²) in [7, 11) is 0. The third-order valence-electron chi connectivity index (χ3n) is 5.64. The number of nitrogens with zero attached hydrogens (tertiary/aromatic N) is 2. The van der Waals surface area contributed by atoms with Crippen LogP contribution in [0.5, 0.6) is 0 Å². The van der Waals surface area contributed by atoms with E-state index in [-0.39, 0.29) is 41.2 Å². The van der Waals surface area contributed by atoms with Crippen LogP contribution in [-0.2, 0) is 9.59 Å². The van der Waals surface area contributed by atoms with Gasteiger partial charge in [0, 0.05) is 24.0 Å². The van der Waals surface area contributed by atoms with E-state index < -0.39 is 4.92 Å². The van der Waals surface area contributed by atoms with Gasteiger partial charge in [-0.3, -0.25) is 19.7 Å². The van der Waals surface area contributed by atoms with Gasteiger partial charge in [0.1, 0.15) is 0 Å². The van der Waals surface area contributed by atoms with Crippen molar-refractivity contribution in [3.63, 3.8) is 0 Å². The van der Waals surface area contributed by atoms with Crippen LogP contribution in [0, 0.1) is 40.7 Å². The molecule has 4 rings (SSSR count). The molecule has 0 spiro atoms. The number of carbonyl (C=O) groups is 2. The first kappa shape index (κ1) is 15.7. The Morgan fingerprint density at radius 2 is 1.64 bits per heavy atom. The summed E-state index contributed by atoms with van der Waals surface area (Å²) in [5, 5.41) is 11.1. The molecule has 4 atom stereocenters. The third-order valence-corrected chi connectivity index (χ3v) is 5.64. The van der Waals surface area contributed by atoms with Crippen molar-refractivity contribution in [2.24, 2.45) is 23.7 Å². The first-order chi connectivity index (χ1) is 11.8. The summed E-state index contributed by atoms with van der Waals surface area (Å²) < 4.78 is 0. The summed E-state index contributed by atoms with van der Waals surface area (Å²) in [6, 6.07) is 4.29. The number of rotatable bonds is 2. The average Bonchev–Trinajstić information content (AvgIpc) is 3.18. The molecule has 25 heavy (non-hydrogen) atoms. The minimum absolute atomic E-state index is 0.0274. The number of fused-ring (bicyclic) bond motifs is 5. The van der Waals surface area contributed by atoms with Crippen molar-refractivity contribution >= 4 is 23.2 Å². The number of nitro benzene ring substituents is 1. The van der Waals surface area contributed by atoms with Crippen LogP contribution >= 0.6 is 0 Å². The molecule has 1 saturated carbocycles. The smallest absolute Gasteiger partial charge is 0.271 e. The lowest BCUT2D eigenvalue weighted by Crippen LogP contribution is -2.33. The molecule has 6 nitrogen and oxygen atoms in total. The Morgan fingerprint density at radius 3 is 2.12 bits per heavy atom. The highest BCUT2D eigenvalue weighted by Gasteiger charge is 2.62. The third kappa shape index (κ3) is 1.97. The second-order valence-electron chi connectivity index (χ2n) is 7.18. The molecule has 0 N–H and O–H groups in total. The number of non-ortho nitro benzene ring substituents is 1. The standard InChI is InChI=1S/C19H18N2O4/c1-9(2)15-12-6-7-13(15)17-16(12)18(22)20(19(17)23)14-8-11(21(24)25)5-4-10(14)3/h4-8,12-13,16-17H,1-3H3/t12-,13-,16-,17-/m1/s1. The Balaban J connectivity index is 1.79. The topological polar surface area (TPSA) is 80.5 Å². The van der Waals surface area contributed by atoms with Gasteiger partial charge >= 0.3 is 0 Å². The predicted molar refractivity (Wildman–Crippen MR) is 91.8 cm³/mol. The number of benzene rings is 1. The first-order valence-electron chi connectivity index (χ1n) is 8.31. The summed E-state index contributed by atoms with van der Waals surface area (Å²) >= 11 is 0. The van der Waals surface area contributed by atoms with Crippen molar-refractivity contribution in [2.45, 2.75) is 20.8 Å². The van der Waals surface area contributed by atoms with Crippen LogP contribution in [-0.4, -0.2) is 16.7 Å². The summed E-state index contributed by atoms with van der Waals surface area (Å²) in [5.74, 6) is -1.30. The molecular weight excluding hydrogens is 320 g/mol. The van der Waals surface area contributed by atoms with Crippen LogP contribution in [0.4, 0.5) is 11.4 Å². The van der Waals surface area contributed by atoms with Gasteiger partial charge in [-0.15, -0.1) is 0 Å². The molecule has 2 bridgehead atoms. The average molecular weight is 338 g/mol. The van der Waals surface area contributed by atoms with Crippen molar-refractivity contribution in [2.75, 3.05) is 4.90 Å². The van der Waals surface area contributed by atoms with Crippen molar-refractivity contribution in [1.82, 2.24) is 0 Å². The molecule has 2 aliphatic carbocycles. The minimum Gasteiger partial charge on any atom is -0.274 e. The van der Waals surface area contributed by atoms with Gasteiger partial charge in [-0.25, -0.2) is 4.90 Å². The van der Waals surface area contributed by atoms with Gasteiger partial charge in [0.15, 0.2) is 0 Å². The molecule has 6 heteroatoms. The molecule has 1 aromatic rings. The van der Waals surface area contributed by atoms with Gasteiger partial charge in [-0.05, 0) is 26.3 Å². The molecule has 0 radical (unpaired) electrons. The lowest BCUT2D eigenvalue weighted by molar-refractivity contribution is -0.384. The predicted octanol–water partition coefficient (Wildman–Crippen LogP) is 3.16. The molecule has 1 saturated heterocycles. The summed E-state index contributed by atoms with van der Waals surface area (Å²) in [6.45, 7) is 5.78. The molecule has 3 aliphatic rings. The number of carbonyl (C=O) groups excluding carboxylic acids is 2. The van der Waals surface area contributed by atoms with E-state index in [4.69, 9.17) is 0 Å². The molecule has 128 valence electrons. The molecule has 1 aliphatic heterocycles. The van der Waals surface area contributed by atoms with Gasteiger partial charge in [0.05, 0.1) is 22.4 Å². The van der Waals surface area contributed by atoms with Gasteiger partial charge in [-0.1, -0.05) is 29.4 Å². The highest BCUT2D eigenvalue weighted by molar-refractivity contribution is 6.23. The van der Waals surface area contributed by atoms with Gasteiger partial charge in [0.25, 0.3) is 5.69 Å². The fraction of sp³-hybridized carbons (Fsp3) is 0.368. The molecule has 0 aromatic heterocycles.